The maximum atomic E-state index is 12.3. The molecule has 2 N–H and O–H groups in total. The van der Waals surface area contributed by atoms with Crippen molar-refractivity contribution in [1.82, 2.24) is 10.3 Å². The number of nitrogens with zero attached hydrogens (tertiary/aromatic N) is 3. The third-order valence-electron chi connectivity index (χ3n) is 5.07. The lowest BCUT2D eigenvalue weighted by molar-refractivity contribution is -0.121. The van der Waals surface area contributed by atoms with E-state index in [2.05, 4.69) is 21.4 Å². The largest absolute Gasteiger partial charge is 0.351 e. The normalized spacial score (nSPS) is 14.6. The van der Waals surface area contributed by atoms with Gasteiger partial charge in [0.15, 0.2) is 0 Å². The summed E-state index contributed by atoms with van der Waals surface area (Å²) in [6.45, 7) is 1.92. The highest BCUT2D eigenvalue weighted by molar-refractivity contribution is 6.13. The molecule has 150 valence electrons. The first-order valence-corrected chi connectivity index (χ1v) is 9.49. The Morgan fingerprint density at radius 1 is 1.31 bits per heavy atom. The number of nitrogens with one attached hydrogen (secondary N) is 2. The van der Waals surface area contributed by atoms with Gasteiger partial charge in [-0.2, -0.15) is 0 Å². The minimum atomic E-state index is -0.656. The first-order chi connectivity index (χ1) is 13.9. The standard InChI is InChI=1S/C22H25N5O2/c1-14(23)19(13-24-2)22(29)26-11-15-8-18(12-25-10-15)16-4-6-20-17(9-16)5-7-21(28)27(20)3/h4,6,8-10,12-13,19,23H,5,7,11H2,1-3H3,(H,26,29). The fraction of sp³-hybridized carbons (Fsp3) is 0.318. The lowest BCUT2D eigenvalue weighted by Gasteiger charge is -2.26. The van der Waals surface area contributed by atoms with E-state index in [0.717, 1.165) is 34.4 Å². The second-order valence-corrected chi connectivity index (χ2v) is 7.16. The summed E-state index contributed by atoms with van der Waals surface area (Å²) in [6.07, 6.45) is 6.24. The van der Waals surface area contributed by atoms with Gasteiger partial charge in [-0.15, -0.1) is 0 Å². The van der Waals surface area contributed by atoms with Crippen LogP contribution in [0.15, 0.2) is 41.7 Å². The quantitative estimate of drug-likeness (QED) is 0.741. The molecule has 3 rings (SSSR count). The molecule has 0 spiro atoms. The van der Waals surface area contributed by atoms with Gasteiger partial charge in [0, 0.05) is 62.6 Å². The minimum absolute atomic E-state index is 0.135. The number of rotatable bonds is 6. The molecule has 1 unspecified atom stereocenters. The molecular weight excluding hydrogens is 366 g/mol. The number of aromatic nitrogens is 1. The third-order valence-corrected chi connectivity index (χ3v) is 5.07. The van der Waals surface area contributed by atoms with Crippen LogP contribution in [-0.2, 0) is 22.6 Å². The number of aliphatic imine (C=N–C) groups is 1. The summed E-state index contributed by atoms with van der Waals surface area (Å²) in [7, 11) is 3.39. The Kier molecular flexibility index (Phi) is 6.16. The number of hydrogen-bond acceptors (Lipinski definition) is 5. The van der Waals surface area contributed by atoms with Crippen molar-refractivity contribution in [3.63, 3.8) is 0 Å². The summed E-state index contributed by atoms with van der Waals surface area (Å²) in [4.78, 5) is 34.1. The number of fused-ring (bicyclic) bond motifs is 1. The van der Waals surface area contributed by atoms with E-state index in [1.54, 1.807) is 38.3 Å². The Balaban J connectivity index is 1.76. The van der Waals surface area contributed by atoms with Crippen LogP contribution in [0.25, 0.3) is 11.1 Å². The molecule has 0 saturated carbocycles. The van der Waals surface area contributed by atoms with Gasteiger partial charge < -0.3 is 15.6 Å². The van der Waals surface area contributed by atoms with Gasteiger partial charge in [-0.3, -0.25) is 19.6 Å². The van der Waals surface area contributed by atoms with Gasteiger partial charge in [-0.1, -0.05) is 6.07 Å². The topological polar surface area (TPSA) is 98.5 Å². The molecule has 7 nitrogen and oxygen atoms in total. The molecule has 2 amide bonds. The summed E-state index contributed by atoms with van der Waals surface area (Å²) in [5, 5.41) is 10.6. The average molecular weight is 391 g/mol. The van der Waals surface area contributed by atoms with Crippen LogP contribution in [0.4, 0.5) is 5.69 Å². The summed E-state index contributed by atoms with van der Waals surface area (Å²) < 4.78 is 0. The molecular formula is C22H25N5O2. The Morgan fingerprint density at radius 3 is 2.83 bits per heavy atom. The smallest absolute Gasteiger partial charge is 0.234 e. The van der Waals surface area contributed by atoms with Crippen LogP contribution in [0.3, 0.4) is 0 Å². The fourth-order valence-corrected chi connectivity index (χ4v) is 3.40. The second kappa shape index (κ2) is 8.77. The van der Waals surface area contributed by atoms with Crippen molar-refractivity contribution in [2.24, 2.45) is 10.9 Å². The lowest BCUT2D eigenvalue weighted by atomic mass is 9.96. The van der Waals surface area contributed by atoms with Crippen LogP contribution >= 0.6 is 0 Å². The second-order valence-electron chi connectivity index (χ2n) is 7.16. The Hall–Kier alpha value is -3.35. The first-order valence-electron chi connectivity index (χ1n) is 9.49. The predicted molar refractivity (Wildman–Crippen MR) is 115 cm³/mol. The zero-order valence-corrected chi connectivity index (χ0v) is 16.9. The molecule has 0 radical (unpaired) electrons. The number of aryl methyl sites for hydroxylation is 1. The van der Waals surface area contributed by atoms with Crippen molar-refractivity contribution in [1.29, 1.82) is 5.41 Å². The highest BCUT2D eigenvalue weighted by Crippen LogP contribution is 2.31. The van der Waals surface area contributed by atoms with Gasteiger partial charge in [0.1, 0.15) is 5.92 Å². The maximum Gasteiger partial charge on any atom is 0.234 e. The molecule has 2 aromatic rings. The van der Waals surface area contributed by atoms with Crippen LogP contribution in [0.5, 0.6) is 0 Å². The van der Waals surface area contributed by atoms with Crippen molar-refractivity contribution in [3.8, 4) is 11.1 Å². The summed E-state index contributed by atoms with van der Waals surface area (Å²) in [5.41, 5.74) is 5.19. The summed E-state index contributed by atoms with van der Waals surface area (Å²) >= 11 is 0. The van der Waals surface area contributed by atoms with Crippen LogP contribution in [0.1, 0.15) is 24.5 Å². The highest BCUT2D eigenvalue weighted by atomic mass is 16.2. The van der Waals surface area contributed by atoms with Gasteiger partial charge in [0.2, 0.25) is 11.8 Å². The monoisotopic (exact) mass is 391 g/mol. The van der Waals surface area contributed by atoms with E-state index >= 15 is 0 Å². The molecule has 1 aromatic heterocycles. The third kappa shape index (κ3) is 4.56. The lowest BCUT2D eigenvalue weighted by Crippen LogP contribution is -2.34. The number of pyridine rings is 1. The van der Waals surface area contributed by atoms with E-state index in [4.69, 9.17) is 5.41 Å². The molecule has 0 saturated heterocycles. The van der Waals surface area contributed by atoms with Gasteiger partial charge in [-0.25, -0.2) is 0 Å². The minimum Gasteiger partial charge on any atom is -0.351 e. The van der Waals surface area contributed by atoms with Crippen molar-refractivity contribution in [3.05, 3.63) is 47.8 Å². The van der Waals surface area contributed by atoms with E-state index in [1.165, 1.54) is 6.21 Å². The molecule has 0 fully saturated rings. The van der Waals surface area contributed by atoms with Crippen molar-refractivity contribution in [2.45, 2.75) is 26.3 Å². The maximum absolute atomic E-state index is 12.3. The Labute approximate surface area is 170 Å². The molecule has 7 heteroatoms. The molecule has 1 atom stereocenters. The van der Waals surface area contributed by atoms with Crippen molar-refractivity contribution < 1.29 is 9.59 Å². The Morgan fingerprint density at radius 2 is 2.10 bits per heavy atom. The summed E-state index contributed by atoms with van der Waals surface area (Å²) in [5.74, 6) is -0.775. The zero-order chi connectivity index (χ0) is 21.0. The number of benzene rings is 1. The van der Waals surface area contributed by atoms with Crippen LogP contribution in [0, 0.1) is 11.3 Å². The molecule has 1 aromatic carbocycles. The number of carbonyl (C=O) groups is 2. The van der Waals surface area contributed by atoms with E-state index < -0.39 is 5.92 Å². The van der Waals surface area contributed by atoms with Crippen LogP contribution in [-0.4, -0.2) is 42.8 Å². The number of hydrogen-bond donors (Lipinski definition) is 2. The fourth-order valence-electron chi connectivity index (χ4n) is 3.40. The van der Waals surface area contributed by atoms with Crippen molar-refractivity contribution >= 4 is 29.4 Å². The molecule has 29 heavy (non-hydrogen) atoms. The van der Waals surface area contributed by atoms with E-state index in [1.807, 2.05) is 18.2 Å². The zero-order valence-electron chi connectivity index (χ0n) is 16.9. The highest BCUT2D eigenvalue weighted by Gasteiger charge is 2.21. The van der Waals surface area contributed by atoms with Crippen LogP contribution in [0.2, 0.25) is 0 Å². The van der Waals surface area contributed by atoms with Crippen molar-refractivity contribution in [2.75, 3.05) is 19.0 Å². The van der Waals surface area contributed by atoms with Gasteiger partial charge in [-0.05, 0) is 48.2 Å². The average Bonchev–Trinajstić information content (AvgIpc) is 2.72. The summed E-state index contributed by atoms with van der Waals surface area (Å²) in [6, 6.07) is 8.05. The first kappa shape index (κ1) is 20.4. The number of carbonyl (C=O) groups excluding carboxylic acids is 2. The predicted octanol–water partition coefficient (Wildman–Crippen LogP) is 2.63. The molecule has 1 aliphatic rings. The van der Waals surface area contributed by atoms with E-state index in [9.17, 15) is 9.59 Å². The number of anilines is 1. The molecule has 2 heterocycles. The van der Waals surface area contributed by atoms with Crippen LogP contribution < -0.4 is 10.2 Å². The van der Waals surface area contributed by atoms with E-state index in [0.29, 0.717) is 13.0 Å². The van der Waals surface area contributed by atoms with E-state index in [-0.39, 0.29) is 17.5 Å². The van der Waals surface area contributed by atoms with Gasteiger partial charge in [0.05, 0.1) is 0 Å². The molecule has 0 bridgehead atoms. The Bertz CT molecular complexity index is 983. The number of amides is 2. The van der Waals surface area contributed by atoms with Gasteiger partial charge in [0.25, 0.3) is 0 Å². The SMILES string of the molecule is CN=CC(C(C)=N)C(=O)NCc1cncc(-c2ccc3c(c2)CCC(=O)N3C)c1. The van der Waals surface area contributed by atoms with Gasteiger partial charge >= 0.3 is 0 Å². The molecule has 1 aliphatic heterocycles. The molecule has 0 aliphatic carbocycles.